The molecule has 1 fully saturated rings. The number of amides is 1. The van der Waals surface area contributed by atoms with Crippen LogP contribution in [0, 0.1) is 0 Å². The van der Waals surface area contributed by atoms with Gasteiger partial charge in [-0.3, -0.25) is 18.8 Å². The lowest BCUT2D eigenvalue weighted by Gasteiger charge is -2.26. The number of rotatable bonds is 6. The Morgan fingerprint density at radius 2 is 1.97 bits per heavy atom. The van der Waals surface area contributed by atoms with Gasteiger partial charge in [-0.15, -0.1) is 0 Å². The topological polar surface area (TPSA) is 119 Å². The van der Waals surface area contributed by atoms with Gasteiger partial charge in [0.15, 0.2) is 5.65 Å². The van der Waals surface area contributed by atoms with Gasteiger partial charge in [0.05, 0.1) is 17.5 Å². The minimum atomic E-state index is -3.74. The molecule has 0 saturated carbocycles. The summed E-state index contributed by atoms with van der Waals surface area (Å²) in [5.74, 6) is -0.369. The fourth-order valence-corrected chi connectivity index (χ4v) is 5.71. The molecular weight excluding hydrogens is 456 g/mol. The Hall–Kier alpha value is -2.76. The van der Waals surface area contributed by atoms with Crippen molar-refractivity contribution < 1.29 is 13.2 Å². The summed E-state index contributed by atoms with van der Waals surface area (Å²) in [6, 6.07) is 4.38. The van der Waals surface area contributed by atoms with E-state index in [1.54, 1.807) is 13.1 Å². The first-order valence-electron chi connectivity index (χ1n) is 10.2. The van der Waals surface area contributed by atoms with Gasteiger partial charge in [0.1, 0.15) is 10.3 Å². The Labute approximate surface area is 189 Å². The Kier molecular flexibility index (Phi) is 6.31. The molecule has 10 nitrogen and oxygen atoms in total. The molecule has 1 N–H and O–H groups in total. The van der Waals surface area contributed by atoms with E-state index >= 15 is 0 Å². The highest BCUT2D eigenvalue weighted by Gasteiger charge is 2.28. The molecular formula is C20H23ClN6O4S. The van der Waals surface area contributed by atoms with E-state index in [0.29, 0.717) is 29.8 Å². The third-order valence-corrected chi connectivity index (χ3v) is 7.83. The number of nitrogens with zero attached hydrogens (tertiary/aromatic N) is 5. The van der Waals surface area contributed by atoms with Gasteiger partial charge in [0.2, 0.25) is 15.9 Å². The molecule has 1 aliphatic rings. The molecule has 2 aromatic heterocycles. The summed E-state index contributed by atoms with van der Waals surface area (Å²) >= 11 is 6.17. The lowest BCUT2D eigenvalue weighted by Crippen LogP contribution is -2.35. The fourth-order valence-electron chi connectivity index (χ4n) is 3.69. The van der Waals surface area contributed by atoms with Crippen LogP contribution in [0.5, 0.6) is 0 Å². The molecule has 1 saturated heterocycles. The first kappa shape index (κ1) is 22.4. The molecule has 1 aliphatic heterocycles. The van der Waals surface area contributed by atoms with Gasteiger partial charge >= 0.3 is 0 Å². The Bertz CT molecular complexity index is 1330. The second-order valence-electron chi connectivity index (χ2n) is 7.66. The number of nitrogens with one attached hydrogen (secondary N) is 1. The summed E-state index contributed by atoms with van der Waals surface area (Å²) in [7, 11) is -2.05. The molecule has 0 unspecified atom stereocenters. The molecule has 3 heterocycles. The van der Waals surface area contributed by atoms with E-state index in [-0.39, 0.29) is 34.4 Å². The van der Waals surface area contributed by atoms with E-state index in [9.17, 15) is 18.0 Å². The van der Waals surface area contributed by atoms with Crippen molar-refractivity contribution in [1.82, 2.24) is 23.6 Å². The summed E-state index contributed by atoms with van der Waals surface area (Å²) in [5, 5.41) is 7.18. The van der Waals surface area contributed by atoms with E-state index in [1.807, 2.05) is 0 Å². The highest BCUT2D eigenvalue weighted by atomic mass is 35.5. The van der Waals surface area contributed by atoms with E-state index in [0.717, 1.165) is 19.3 Å². The van der Waals surface area contributed by atoms with Crippen LogP contribution in [0.15, 0.2) is 40.4 Å². The average Bonchev–Trinajstić information content (AvgIpc) is 3.16. The van der Waals surface area contributed by atoms with Crippen LogP contribution in [0.4, 0.5) is 5.69 Å². The number of carbonyl (C=O) groups excluding carboxylic acids is 1. The quantitative estimate of drug-likeness (QED) is 0.578. The standard InChI is InChI=1S/C20H23ClN6O4S/c1-25-19-15(12-23-25)20(29)26(13-22-19)10-7-18(28)24-14-5-6-16(21)17(11-14)32(30,31)27-8-3-2-4-9-27/h5-6,11-13H,2-4,7-10H2,1H3,(H,24,28). The number of hydrogen-bond donors (Lipinski definition) is 1. The second-order valence-corrected chi connectivity index (χ2v) is 9.97. The number of anilines is 1. The third kappa shape index (κ3) is 4.41. The number of piperidine rings is 1. The van der Waals surface area contributed by atoms with Gasteiger partial charge in [-0.2, -0.15) is 9.40 Å². The molecule has 0 radical (unpaired) electrons. The van der Waals surface area contributed by atoms with Gasteiger partial charge in [0, 0.05) is 38.8 Å². The highest BCUT2D eigenvalue weighted by Crippen LogP contribution is 2.29. The van der Waals surface area contributed by atoms with Crippen LogP contribution in [0.25, 0.3) is 11.0 Å². The number of sulfonamides is 1. The molecule has 1 amide bonds. The predicted octanol–water partition coefficient (Wildman–Crippen LogP) is 1.99. The first-order chi connectivity index (χ1) is 15.3. The van der Waals surface area contributed by atoms with Crippen LogP contribution in [0.3, 0.4) is 0 Å². The number of fused-ring (bicyclic) bond motifs is 1. The van der Waals surface area contributed by atoms with Crippen molar-refractivity contribution in [3.05, 3.63) is 46.1 Å². The number of aromatic nitrogens is 4. The third-order valence-electron chi connectivity index (χ3n) is 5.45. The lowest BCUT2D eigenvalue weighted by molar-refractivity contribution is -0.116. The minimum Gasteiger partial charge on any atom is -0.326 e. The number of carbonyl (C=O) groups is 1. The number of halogens is 1. The SMILES string of the molecule is Cn1ncc2c(=O)n(CCC(=O)Nc3ccc(Cl)c(S(=O)(=O)N4CCCCC4)c3)cnc21. The lowest BCUT2D eigenvalue weighted by atomic mass is 10.2. The van der Waals surface area contributed by atoms with Gasteiger partial charge in [-0.05, 0) is 31.0 Å². The van der Waals surface area contributed by atoms with Crippen molar-refractivity contribution in [3.63, 3.8) is 0 Å². The van der Waals surface area contributed by atoms with Crippen LogP contribution >= 0.6 is 11.6 Å². The van der Waals surface area contributed by atoms with Gasteiger partial charge < -0.3 is 5.32 Å². The molecule has 1 aromatic carbocycles. The van der Waals surface area contributed by atoms with Gasteiger partial charge in [-0.1, -0.05) is 18.0 Å². The normalized spacial score (nSPS) is 15.2. The van der Waals surface area contributed by atoms with Gasteiger partial charge in [0.25, 0.3) is 5.56 Å². The van der Waals surface area contributed by atoms with Crippen LogP contribution in [-0.2, 0) is 28.4 Å². The second kappa shape index (κ2) is 9.00. The number of benzene rings is 1. The summed E-state index contributed by atoms with van der Waals surface area (Å²) < 4.78 is 30.2. The van der Waals surface area contributed by atoms with Crippen molar-refractivity contribution in [2.24, 2.45) is 7.05 Å². The zero-order valence-corrected chi connectivity index (χ0v) is 19.1. The molecule has 4 rings (SSSR count). The number of hydrogen-bond acceptors (Lipinski definition) is 6. The van der Waals surface area contributed by atoms with Crippen LogP contribution < -0.4 is 10.9 Å². The Morgan fingerprint density at radius 1 is 1.22 bits per heavy atom. The molecule has 170 valence electrons. The van der Waals surface area contributed by atoms with Crippen LogP contribution in [-0.4, -0.2) is 51.1 Å². The zero-order valence-electron chi connectivity index (χ0n) is 17.5. The van der Waals surface area contributed by atoms with Crippen molar-refractivity contribution in [2.75, 3.05) is 18.4 Å². The maximum Gasteiger partial charge on any atom is 0.264 e. The minimum absolute atomic E-state index is 0.00416. The van der Waals surface area contributed by atoms with E-state index in [1.165, 1.54) is 38.2 Å². The van der Waals surface area contributed by atoms with Crippen molar-refractivity contribution in [1.29, 1.82) is 0 Å². The highest BCUT2D eigenvalue weighted by molar-refractivity contribution is 7.89. The molecule has 3 aromatic rings. The maximum absolute atomic E-state index is 13.0. The first-order valence-corrected chi connectivity index (χ1v) is 12.1. The molecule has 0 bridgehead atoms. The largest absolute Gasteiger partial charge is 0.326 e. The maximum atomic E-state index is 13.0. The van der Waals surface area contributed by atoms with Crippen molar-refractivity contribution in [2.45, 2.75) is 37.1 Å². The predicted molar refractivity (Wildman–Crippen MR) is 120 cm³/mol. The van der Waals surface area contributed by atoms with Crippen molar-refractivity contribution in [3.8, 4) is 0 Å². The molecule has 0 atom stereocenters. The molecule has 0 spiro atoms. The van der Waals surface area contributed by atoms with E-state index < -0.39 is 10.0 Å². The summed E-state index contributed by atoms with van der Waals surface area (Å²) in [5.41, 5.74) is 0.514. The smallest absolute Gasteiger partial charge is 0.264 e. The Balaban J connectivity index is 1.46. The summed E-state index contributed by atoms with van der Waals surface area (Å²) in [6.45, 7) is 1.04. The molecule has 0 aliphatic carbocycles. The monoisotopic (exact) mass is 478 g/mol. The number of aryl methyl sites for hydroxylation is 2. The van der Waals surface area contributed by atoms with Crippen molar-refractivity contribution >= 4 is 44.3 Å². The fraction of sp³-hybridized carbons (Fsp3) is 0.400. The Morgan fingerprint density at radius 3 is 2.72 bits per heavy atom. The van der Waals surface area contributed by atoms with Gasteiger partial charge in [-0.25, -0.2) is 13.4 Å². The van der Waals surface area contributed by atoms with Crippen LogP contribution in [0.2, 0.25) is 5.02 Å². The summed E-state index contributed by atoms with van der Waals surface area (Å²) in [6.07, 6.45) is 5.45. The molecule has 32 heavy (non-hydrogen) atoms. The molecule has 12 heteroatoms. The van der Waals surface area contributed by atoms with E-state index in [2.05, 4.69) is 15.4 Å². The summed E-state index contributed by atoms with van der Waals surface area (Å²) in [4.78, 5) is 29.1. The van der Waals surface area contributed by atoms with E-state index in [4.69, 9.17) is 11.6 Å². The average molecular weight is 479 g/mol. The zero-order chi connectivity index (χ0) is 22.9. The van der Waals surface area contributed by atoms with Crippen LogP contribution in [0.1, 0.15) is 25.7 Å².